The van der Waals surface area contributed by atoms with E-state index in [-0.39, 0.29) is 5.15 Å². The molecule has 0 saturated heterocycles. The molecular weight excluding hydrogens is 280 g/mol. The van der Waals surface area contributed by atoms with Crippen molar-refractivity contribution in [3.05, 3.63) is 10.0 Å². The fourth-order valence-corrected chi connectivity index (χ4v) is 2.20. The van der Waals surface area contributed by atoms with Gasteiger partial charge in [-0.2, -0.15) is 0 Å². The van der Waals surface area contributed by atoms with E-state index in [1.165, 1.54) is 7.11 Å². The first-order chi connectivity index (χ1) is 8.69. The largest absolute Gasteiger partial charge is 0.465 e. The number of carbonyl (C=O) groups is 1. The summed E-state index contributed by atoms with van der Waals surface area (Å²) in [6, 6.07) is 0. The molecule has 0 aliphatic carbocycles. The van der Waals surface area contributed by atoms with E-state index in [1.807, 2.05) is 0 Å². The molecule has 0 aromatic carbocycles. The van der Waals surface area contributed by atoms with Gasteiger partial charge in [0.25, 0.3) is 0 Å². The second kappa shape index (κ2) is 8.25. The zero-order chi connectivity index (χ0) is 13.4. The highest BCUT2D eigenvalue weighted by molar-refractivity contribution is 7.18. The number of aromatic nitrogens is 1. The van der Waals surface area contributed by atoms with E-state index in [0.717, 1.165) is 11.3 Å². The number of methoxy groups -OCH3 is 2. The number of ether oxygens (including phenoxy) is 3. The quantitative estimate of drug-likeness (QED) is 0.581. The molecule has 0 amide bonds. The van der Waals surface area contributed by atoms with Crippen molar-refractivity contribution in [2.75, 3.05) is 45.9 Å². The van der Waals surface area contributed by atoms with Gasteiger partial charge >= 0.3 is 5.97 Å². The van der Waals surface area contributed by atoms with Crippen LogP contribution in [-0.2, 0) is 14.2 Å². The first-order valence-corrected chi connectivity index (χ1v) is 6.43. The maximum absolute atomic E-state index is 11.3. The Labute approximate surface area is 114 Å². The summed E-state index contributed by atoms with van der Waals surface area (Å²) >= 11 is 6.96. The van der Waals surface area contributed by atoms with Gasteiger partial charge in [0, 0.05) is 13.7 Å². The lowest BCUT2D eigenvalue weighted by molar-refractivity contribution is 0.0606. The van der Waals surface area contributed by atoms with Crippen LogP contribution in [0.3, 0.4) is 0 Å². The molecule has 18 heavy (non-hydrogen) atoms. The van der Waals surface area contributed by atoms with E-state index in [4.69, 9.17) is 21.1 Å². The lowest BCUT2D eigenvalue weighted by Crippen LogP contribution is -2.11. The van der Waals surface area contributed by atoms with Crippen molar-refractivity contribution < 1.29 is 19.0 Å². The minimum absolute atomic E-state index is 0.148. The van der Waals surface area contributed by atoms with Crippen LogP contribution < -0.4 is 5.32 Å². The van der Waals surface area contributed by atoms with Gasteiger partial charge in [-0.25, -0.2) is 9.78 Å². The van der Waals surface area contributed by atoms with Gasteiger partial charge < -0.3 is 19.5 Å². The van der Waals surface area contributed by atoms with Gasteiger partial charge in [0.15, 0.2) is 15.2 Å². The van der Waals surface area contributed by atoms with Crippen LogP contribution in [0.2, 0.25) is 5.15 Å². The lowest BCUT2D eigenvalue weighted by Gasteiger charge is -2.03. The fraction of sp³-hybridized carbons (Fsp3) is 0.600. The van der Waals surface area contributed by atoms with Crippen LogP contribution in [0, 0.1) is 0 Å². The van der Waals surface area contributed by atoms with Gasteiger partial charge in [0.05, 0.1) is 26.9 Å². The van der Waals surface area contributed by atoms with Crippen molar-refractivity contribution in [2.45, 2.75) is 0 Å². The monoisotopic (exact) mass is 294 g/mol. The molecule has 0 unspecified atom stereocenters. The molecule has 0 saturated carbocycles. The smallest absolute Gasteiger partial charge is 0.351 e. The maximum atomic E-state index is 11.3. The number of anilines is 1. The maximum Gasteiger partial charge on any atom is 0.351 e. The summed E-state index contributed by atoms with van der Waals surface area (Å²) in [6.45, 7) is 2.21. The molecular formula is C10H15ClN2O4S. The summed E-state index contributed by atoms with van der Waals surface area (Å²) in [5.74, 6) is -0.484. The summed E-state index contributed by atoms with van der Waals surface area (Å²) in [7, 11) is 2.92. The highest BCUT2D eigenvalue weighted by Gasteiger charge is 2.16. The molecule has 1 N–H and O–H groups in total. The molecule has 0 aliphatic rings. The van der Waals surface area contributed by atoms with E-state index in [0.29, 0.717) is 36.4 Å². The Kier molecular flexibility index (Phi) is 6.96. The van der Waals surface area contributed by atoms with Gasteiger partial charge in [-0.05, 0) is 0 Å². The number of nitrogens with zero attached hydrogens (tertiary/aromatic N) is 1. The van der Waals surface area contributed by atoms with Gasteiger partial charge in [-0.1, -0.05) is 22.9 Å². The molecule has 102 valence electrons. The van der Waals surface area contributed by atoms with Crippen LogP contribution in [0.25, 0.3) is 0 Å². The standard InChI is InChI=1S/C10H15ClN2O4S/c1-15-5-6-17-4-3-12-10-13-8(11)7(18-10)9(14)16-2/h3-6H2,1-2H3,(H,12,13). The van der Waals surface area contributed by atoms with Gasteiger partial charge in [0.1, 0.15) is 0 Å². The van der Waals surface area contributed by atoms with Crippen molar-refractivity contribution in [3.63, 3.8) is 0 Å². The first kappa shape index (κ1) is 15.2. The predicted octanol–water partition coefficient (Wildman–Crippen LogP) is 1.66. The Hall–Kier alpha value is -0.890. The summed E-state index contributed by atoms with van der Waals surface area (Å²) in [6.07, 6.45) is 0. The molecule has 0 aliphatic heterocycles. The summed E-state index contributed by atoms with van der Waals surface area (Å²) < 4.78 is 14.7. The third-order valence-electron chi connectivity index (χ3n) is 1.91. The molecule has 0 bridgehead atoms. The third kappa shape index (κ3) is 4.77. The van der Waals surface area contributed by atoms with Crippen LogP contribution in [0.5, 0.6) is 0 Å². The molecule has 8 heteroatoms. The molecule has 0 spiro atoms. The molecule has 6 nitrogen and oxygen atoms in total. The van der Waals surface area contributed by atoms with Crippen LogP contribution >= 0.6 is 22.9 Å². The first-order valence-electron chi connectivity index (χ1n) is 5.24. The van der Waals surface area contributed by atoms with Gasteiger partial charge in [-0.3, -0.25) is 0 Å². The number of nitrogens with one attached hydrogen (secondary N) is 1. The minimum Gasteiger partial charge on any atom is -0.465 e. The number of hydrogen-bond acceptors (Lipinski definition) is 7. The van der Waals surface area contributed by atoms with Crippen LogP contribution in [0.15, 0.2) is 0 Å². The molecule has 0 fully saturated rings. The molecule has 1 heterocycles. The summed E-state index contributed by atoms with van der Waals surface area (Å²) in [4.78, 5) is 15.6. The van der Waals surface area contributed by atoms with Crippen LogP contribution in [0.4, 0.5) is 5.13 Å². The Morgan fingerprint density at radius 3 is 2.83 bits per heavy atom. The zero-order valence-corrected chi connectivity index (χ0v) is 11.8. The number of thiazole rings is 1. The average Bonchev–Trinajstić information content (AvgIpc) is 2.74. The van der Waals surface area contributed by atoms with Crippen molar-refractivity contribution in [1.29, 1.82) is 0 Å². The third-order valence-corrected chi connectivity index (χ3v) is 3.29. The van der Waals surface area contributed by atoms with Gasteiger partial charge in [0.2, 0.25) is 0 Å². The Bertz CT molecular complexity index is 386. The molecule has 0 atom stereocenters. The molecule has 0 radical (unpaired) electrons. The van der Waals surface area contributed by atoms with E-state index in [2.05, 4.69) is 15.0 Å². The Balaban J connectivity index is 2.33. The summed E-state index contributed by atoms with van der Waals surface area (Å²) in [5, 5.41) is 3.72. The lowest BCUT2D eigenvalue weighted by atomic mass is 10.6. The van der Waals surface area contributed by atoms with E-state index in [9.17, 15) is 4.79 Å². The van der Waals surface area contributed by atoms with Crippen molar-refractivity contribution in [1.82, 2.24) is 4.98 Å². The highest BCUT2D eigenvalue weighted by atomic mass is 35.5. The summed E-state index contributed by atoms with van der Waals surface area (Å²) in [5.41, 5.74) is 0. The number of carbonyl (C=O) groups excluding carboxylic acids is 1. The number of rotatable bonds is 8. The van der Waals surface area contributed by atoms with E-state index >= 15 is 0 Å². The highest BCUT2D eigenvalue weighted by Crippen LogP contribution is 2.27. The van der Waals surface area contributed by atoms with E-state index in [1.54, 1.807) is 7.11 Å². The van der Waals surface area contributed by atoms with Crippen molar-refractivity contribution in [3.8, 4) is 0 Å². The van der Waals surface area contributed by atoms with Crippen molar-refractivity contribution in [2.24, 2.45) is 0 Å². The normalized spacial score (nSPS) is 10.4. The Morgan fingerprint density at radius 1 is 1.39 bits per heavy atom. The predicted molar refractivity (Wildman–Crippen MR) is 69.6 cm³/mol. The SMILES string of the molecule is COCCOCCNc1nc(Cl)c(C(=O)OC)s1. The zero-order valence-electron chi connectivity index (χ0n) is 10.2. The van der Waals surface area contributed by atoms with E-state index < -0.39 is 5.97 Å². The number of halogens is 1. The number of hydrogen-bond donors (Lipinski definition) is 1. The topological polar surface area (TPSA) is 69.7 Å². The second-order valence-electron chi connectivity index (χ2n) is 3.16. The molecule has 1 aromatic rings. The fourth-order valence-electron chi connectivity index (χ4n) is 1.07. The molecule has 1 aromatic heterocycles. The molecule has 1 rings (SSSR count). The average molecular weight is 295 g/mol. The number of esters is 1. The van der Waals surface area contributed by atoms with Gasteiger partial charge in [-0.15, -0.1) is 0 Å². The van der Waals surface area contributed by atoms with Crippen LogP contribution in [-0.4, -0.2) is 51.5 Å². The minimum atomic E-state index is -0.484. The van der Waals surface area contributed by atoms with Crippen molar-refractivity contribution >= 4 is 34.0 Å². The van der Waals surface area contributed by atoms with Crippen LogP contribution in [0.1, 0.15) is 9.67 Å². The second-order valence-corrected chi connectivity index (χ2v) is 4.52. The Morgan fingerprint density at radius 2 is 2.17 bits per heavy atom.